The molecule has 2 N–H and O–H groups in total. The first-order chi connectivity index (χ1) is 8.40. The summed E-state index contributed by atoms with van der Waals surface area (Å²) in [5, 5.41) is 0. The maximum Gasteiger partial charge on any atom is 0.360 e. The topological polar surface area (TPSA) is 127 Å². The first kappa shape index (κ1) is 14.4. The van der Waals surface area contributed by atoms with Crippen molar-refractivity contribution < 1.29 is 35.5 Å². The maximum absolute atomic E-state index is 11.1. The summed E-state index contributed by atoms with van der Waals surface area (Å²) in [4.78, 5) is 22.3. The van der Waals surface area contributed by atoms with Gasteiger partial charge in [-0.25, -0.2) is 9.59 Å². The van der Waals surface area contributed by atoms with Crippen molar-refractivity contribution in [1.29, 1.82) is 0 Å². The fraction of sp³-hybridized carbons (Fsp3) is 0. The van der Waals surface area contributed by atoms with Crippen LogP contribution >= 0.6 is 0 Å². The molecule has 0 amide bonds. The normalized spacial score (nSPS) is 13.4. The Balaban J connectivity index is 2.79. The summed E-state index contributed by atoms with van der Waals surface area (Å²) in [7, 11) is 0. The number of carbonyl (C=O) groups excluding carboxylic acids is 2. The third-order valence-electron chi connectivity index (χ3n) is 1.65. The number of rotatable bonds is 4. The second-order valence-corrected chi connectivity index (χ2v) is 3.95. The zero-order valence-electron chi connectivity index (χ0n) is 8.47. The van der Waals surface area contributed by atoms with Crippen molar-refractivity contribution in [1.82, 2.24) is 0 Å². The van der Waals surface area contributed by atoms with Crippen LogP contribution < -0.4 is 0 Å². The predicted octanol–water partition coefficient (Wildman–Crippen LogP) is 0.274. The van der Waals surface area contributed by atoms with E-state index in [0.717, 1.165) is 24.3 Å². The predicted molar refractivity (Wildman–Crippen MR) is 58.8 cm³/mol. The van der Waals surface area contributed by atoms with Gasteiger partial charge in [-0.2, -0.15) is 8.42 Å². The summed E-state index contributed by atoms with van der Waals surface area (Å²) in [6.07, 6.45) is 0. The van der Waals surface area contributed by atoms with E-state index >= 15 is 0 Å². The van der Waals surface area contributed by atoms with E-state index in [4.69, 9.17) is 9.11 Å². The van der Waals surface area contributed by atoms with Gasteiger partial charge in [-0.3, -0.25) is 9.11 Å². The Morgan fingerprint density at radius 3 is 1.33 bits per heavy atom. The molecular weight excluding hydrogens is 288 g/mol. The molecule has 1 rings (SSSR count). The van der Waals surface area contributed by atoms with Gasteiger partial charge >= 0.3 is 34.7 Å². The molecule has 8 nitrogen and oxygen atoms in total. The van der Waals surface area contributed by atoms with Gasteiger partial charge < -0.3 is 8.37 Å². The van der Waals surface area contributed by atoms with E-state index < -0.39 is 34.7 Å². The van der Waals surface area contributed by atoms with Gasteiger partial charge in [0, 0.05) is 0 Å². The Kier molecular flexibility index (Phi) is 5.09. The Hall–Kier alpha value is -1.62. The monoisotopic (exact) mass is 294 g/mol. The van der Waals surface area contributed by atoms with Gasteiger partial charge in [-0.15, -0.1) is 0 Å². The fourth-order valence-corrected chi connectivity index (χ4v) is 1.42. The minimum atomic E-state index is -2.73. The summed E-state index contributed by atoms with van der Waals surface area (Å²) in [6.45, 7) is 0. The molecule has 0 aliphatic heterocycles. The van der Waals surface area contributed by atoms with Gasteiger partial charge in [-0.05, 0) is 24.3 Å². The van der Waals surface area contributed by atoms with Gasteiger partial charge in [-0.1, -0.05) is 0 Å². The molecule has 0 aliphatic rings. The molecule has 0 saturated carbocycles. The molecular formula is C8H6O8S2. The Morgan fingerprint density at radius 1 is 0.833 bits per heavy atom. The largest absolute Gasteiger partial charge is 0.360 e. The summed E-state index contributed by atoms with van der Waals surface area (Å²) in [5.74, 6) is -2.11. The van der Waals surface area contributed by atoms with Gasteiger partial charge in [0.2, 0.25) is 0 Å². The van der Waals surface area contributed by atoms with Crippen LogP contribution in [0, 0.1) is 0 Å². The summed E-state index contributed by atoms with van der Waals surface area (Å²) in [6, 6.07) is 4.52. The number of hydrogen-bond donors (Lipinski definition) is 2. The fourth-order valence-electron chi connectivity index (χ4n) is 0.968. The molecule has 98 valence electrons. The van der Waals surface area contributed by atoms with Crippen molar-refractivity contribution in [3.05, 3.63) is 35.4 Å². The van der Waals surface area contributed by atoms with Crippen molar-refractivity contribution >= 4 is 34.7 Å². The molecule has 0 aromatic heterocycles. The van der Waals surface area contributed by atoms with E-state index in [1.54, 1.807) is 0 Å². The summed E-state index contributed by atoms with van der Waals surface area (Å²) in [5.41, 5.74) is -0.141. The van der Waals surface area contributed by atoms with Crippen LogP contribution in [-0.4, -0.2) is 29.5 Å². The van der Waals surface area contributed by atoms with E-state index in [1.165, 1.54) is 0 Å². The third-order valence-corrected chi connectivity index (χ3v) is 2.24. The molecule has 0 saturated heterocycles. The van der Waals surface area contributed by atoms with Gasteiger partial charge in [0.1, 0.15) is 0 Å². The molecule has 0 radical (unpaired) electrons. The SMILES string of the molecule is O=C(OS(=O)O)c1ccc(C(=O)OS(=O)O)cc1. The molecule has 0 fully saturated rings. The second-order valence-electron chi connectivity index (χ2n) is 2.75. The Labute approximate surface area is 106 Å². The lowest BCUT2D eigenvalue weighted by molar-refractivity contribution is 0.0727. The van der Waals surface area contributed by atoms with Crippen LogP contribution in [0.1, 0.15) is 20.7 Å². The van der Waals surface area contributed by atoms with Gasteiger partial charge in [0.25, 0.3) is 0 Å². The first-order valence-electron chi connectivity index (χ1n) is 4.17. The van der Waals surface area contributed by atoms with E-state index in [0.29, 0.717) is 0 Å². The highest BCUT2D eigenvalue weighted by Crippen LogP contribution is 2.08. The van der Waals surface area contributed by atoms with Crippen molar-refractivity contribution in [2.75, 3.05) is 0 Å². The molecule has 0 heterocycles. The van der Waals surface area contributed by atoms with Crippen molar-refractivity contribution in [2.24, 2.45) is 0 Å². The van der Waals surface area contributed by atoms with Gasteiger partial charge in [0.05, 0.1) is 11.1 Å². The third kappa shape index (κ3) is 4.33. The quantitative estimate of drug-likeness (QED) is 0.758. The zero-order chi connectivity index (χ0) is 13.7. The Morgan fingerprint density at radius 2 is 1.11 bits per heavy atom. The molecule has 10 heteroatoms. The molecule has 0 aliphatic carbocycles. The number of hydrogen-bond acceptors (Lipinski definition) is 6. The molecule has 1 aromatic carbocycles. The molecule has 2 unspecified atom stereocenters. The minimum absolute atomic E-state index is 0.0703. The molecule has 18 heavy (non-hydrogen) atoms. The van der Waals surface area contributed by atoms with Gasteiger partial charge in [0.15, 0.2) is 0 Å². The van der Waals surface area contributed by atoms with Crippen LogP contribution in [0.4, 0.5) is 0 Å². The van der Waals surface area contributed by atoms with Crippen LogP contribution in [0.2, 0.25) is 0 Å². The van der Waals surface area contributed by atoms with Crippen molar-refractivity contribution in [3.8, 4) is 0 Å². The van der Waals surface area contributed by atoms with E-state index in [9.17, 15) is 18.0 Å². The molecule has 1 aromatic rings. The molecule has 0 spiro atoms. The summed E-state index contributed by atoms with van der Waals surface area (Å²) < 4.78 is 45.0. The number of benzene rings is 1. The van der Waals surface area contributed by atoms with Crippen LogP contribution in [0.5, 0.6) is 0 Å². The maximum atomic E-state index is 11.1. The van der Waals surface area contributed by atoms with E-state index in [2.05, 4.69) is 8.37 Å². The molecule has 0 bridgehead atoms. The number of carbonyl (C=O) groups is 2. The molecule has 2 atom stereocenters. The average Bonchev–Trinajstić information content (AvgIpc) is 2.27. The first-order valence-corrected chi connectivity index (χ1v) is 6.23. The highest BCUT2D eigenvalue weighted by Gasteiger charge is 2.14. The highest BCUT2D eigenvalue weighted by molar-refractivity contribution is 7.74. The minimum Gasteiger partial charge on any atom is -0.339 e. The zero-order valence-corrected chi connectivity index (χ0v) is 10.1. The summed E-state index contributed by atoms with van der Waals surface area (Å²) >= 11 is -5.47. The lowest BCUT2D eigenvalue weighted by Gasteiger charge is -2.01. The van der Waals surface area contributed by atoms with Crippen molar-refractivity contribution in [2.45, 2.75) is 0 Å². The standard InChI is InChI=1S/C8H6O8S2/c9-7(15-17(11)12)5-1-2-6(4-3-5)8(10)16-18(13)14/h1-4H,(H,11,12)(H,13,14). The lowest BCUT2D eigenvalue weighted by atomic mass is 10.1. The van der Waals surface area contributed by atoms with E-state index in [-0.39, 0.29) is 11.1 Å². The van der Waals surface area contributed by atoms with Crippen LogP contribution in [0.25, 0.3) is 0 Å². The van der Waals surface area contributed by atoms with Crippen LogP contribution in [-0.2, 0) is 31.1 Å². The van der Waals surface area contributed by atoms with E-state index in [1.807, 2.05) is 0 Å². The smallest absolute Gasteiger partial charge is 0.339 e. The van der Waals surface area contributed by atoms with Crippen LogP contribution in [0.15, 0.2) is 24.3 Å². The highest BCUT2D eigenvalue weighted by atomic mass is 32.2. The lowest BCUT2D eigenvalue weighted by Crippen LogP contribution is -2.09. The second kappa shape index (κ2) is 6.35. The van der Waals surface area contributed by atoms with Crippen LogP contribution in [0.3, 0.4) is 0 Å². The average molecular weight is 294 g/mol. The van der Waals surface area contributed by atoms with Crippen molar-refractivity contribution in [3.63, 3.8) is 0 Å². The Bertz CT molecular complexity index is 461.